The summed E-state index contributed by atoms with van der Waals surface area (Å²) in [6.07, 6.45) is 3.46. The molecule has 6 heteroatoms. The van der Waals surface area contributed by atoms with Crippen molar-refractivity contribution in [3.8, 4) is 0 Å². The normalized spacial score (nSPS) is 19.8. The van der Waals surface area contributed by atoms with Crippen LogP contribution in [0.15, 0.2) is 0 Å². The number of carbonyl (C=O) groups is 1. The zero-order valence-electron chi connectivity index (χ0n) is 10.8. The van der Waals surface area contributed by atoms with Gasteiger partial charge in [-0.15, -0.1) is 0 Å². The third-order valence-corrected chi connectivity index (χ3v) is 3.21. The van der Waals surface area contributed by atoms with Crippen LogP contribution in [0.5, 0.6) is 0 Å². The van der Waals surface area contributed by atoms with E-state index in [0.29, 0.717) is 18.1 Å². The number of aromatic nitrogens is 2. The first-order valence-corrected chi connectivity index (χ1v) is 6.22. The average Bonchev–Trinajstić information content (AvgIpc) is 2.62. The minimum Gasteiger partial charge on any atom is -0.477 e. The molecule has 6 nitrogen and oxygen atoms in total. The summed E-state index contributed by atoms with van der Waals surface area (Å²) in [5, 5.41) is 16.4. The molecular formula is C12H19N3O3. The molecule has 18 heavy (non-hydrogen) atoms. The van der Waals surface area contributed by atoms with Crippen molar-refractivity contribution in [1.29, 1.82) is 0 Å². The van der Waals surface area contributed by atoms with Crippen molar-refractivity contribution in [2.75, 3.05) is 18.5 Å². The Bertz CT molecular complexity index is 436. The number of carboxylic acids is 1. The summed E-state index contributed by atoms with van der Waals surface area (Å²) in [6.45, 7) is 3.12. The molecule has 1 fully saturated rings. The van der Waals surface area contributed by atoms with Crippen LogP contribution in [-0.4, -0.2) is 40.1 Å². The largest absolute Gasteiger partial charge is 0.477 e. The summed E-state index contributed by atoms with van der Waals surface area (Å²) in [7, 11) is 1.74. The van der Waals surface area contributed by atoms with Crippen molar-refractivity contribution in [3.05, 3.63) is 11.3 Å². The highest BCUT2D eigenvalue weighted by molar-refractivity contribution is 5.94. The number of aryl methyl sites for hydroxylation is 2. The molecule has 2 rings (SSSR count). The monoisotopic (exact) mass is 253 g/mol. The van der Waals surface area contributed by atoms with Gasteiger partial charge in [0.2, 0.25) is 0 Å². The van der Waals surface area contributed by atoms with E-state index in [4.69, 9.17) is 4.74 Å². The lowest BCUT2D eigenvalue weighted by molar-refractivity contribution is 0.0246. The lowest BCUT2D eigenvalue weighted by atomic mass is 10.1. The van der Waals surface area contributed by atoms with Gasteiger partial charge < -0.3 is 15.2 Å². The topological polar surface area (TPSA) is 76.4 Å². The number of nitrogens with one attached hydrogen (secondary N) is 1. The van der Waals surface area contributed by atoms with Crippen molar-refractivity contribution in [1.82, 2.24) is 9.78 Å². The Morgan fingerprint density at radius 3 is 3.00 bits per heavy atom. The second-order valence-electron chi connectivity index (χ2n) is 4.61. The Labute approximate surface area is 106 Å². The number of nitrogens with zero attached hydrogens (tertiary/aromatic N) is 2. The predicted octanol–water partition coefficient (Wildman–Crippen LogP) is 1.41. The maximum absolute atomic E-state index is 11.2. The van der Waals surface area contributed by atoms with Gasteiger partial charge in [-0.3, -0.25) is 4.68 Å². The number of aromatic carboxylic acids is 1. The second kappa shape index (κ2) is 5.39. The van der Waals surface area contributed by atoms with Crippen LogP contribution in [0, 0.1) is 6.92 Å². The summed E-state index contributed by atoms with van der Waals surface area (Å²) < 4.78 is 7.18. The zero-order valence-corrected chi connectivity index (χ0v) is 10.8. The molecule has 1 aromatic rings. The Balaban J connectivity index is 2.06. The van der Waals surface area contributed by atoms with Crippen LogP contribution in [0.3, 0.4) is 0 Å². The van der Waals surface area contributed by atoms with E-state index < -0.39 is 5.97 Å². The number of ether oxygens (including phenoxy) is 1. The molecule has 1 aromatic heterocycles. The fraction of sp³-hybridized carbons (Fsp3) is 0.667. The molecule has 1 unspecified atom stereocenters. The van der Waals surface area contributed by atoms with Gasteiger partial charge in [-0.05, 0) is 26.2 Å². The molecule has 0 bridgehead atoms. The van der Waals surface area contributed by atoms with E-state index in [1.807, 2.05) is 0 Å². The minimum atomic E-state index is -0.951. The van der Waals surface area contributed by atoms with Gasteiger partial charge >= 0.3 is 5.97 Å². The molecule has 0 spiro atoms. The number of anilines is 1. The fourth-order valence-electron chi connectivity index (χ4n) is 2.30. The Morgan fingerprint density at radius 1 is 1.61 bits per heavy atom. The smallest absolute Gasteiger partial charge is 0.341 e. The van der Waals surface area contributed by atoms with Gasteiger partial charge in [0, 0.05) is 20.2 Å². The second-order valence-corrected chi connectivity index (χ2v) is 4.61. The maximum atomic E-state index is 11.2. The third kappa shape index (κ3) is 2.64. The van der Waals surface area contributed by atoms with Crippen molar-refractivity contribution >= 4 is 11.8 Å². The van der Waals surface area contributed by atoms with Crippen LogP contribution in [0.1, 0.15) is 35.3 Å². The van der Waals surface area contributed by atoms with E-state index in [1.54, 1.807) is 18.7 Å². The molecular weight excluding hydrogens is 234 g/mol. The highest BCUT2D eigenvalue weighted by Gasteiger charge is 2.21. The molecule has 1 saturated heterocycles. The molecule has 1 aliphatic heterocycles. The third-order valence-electron chi connectivity index (χ3n) is 3.21. The quantitative estimate of drug-likeness (QED) is 0.848. The molecule has 100 valence electrons. The Morgan fingerprint density at radius 2 is 2.39 bits per heavy atom. The fourth-order valence-corrected chi connectivity index (χ4v) is 2.30. The molecule has 0 amide bonds. The predicted molar refractivity (Wildman–Crippen MR) is 67.0 cm³/mol. The van der Waals surface area contributed by atoms with Gasteiger partial charge in [-0.25, -0.2) is 4.79 Å². The summed E-state index contributed by atoms with van der Waals surface area (Å²) >= 11 is 0. The number of carboxylic acid groups (broad SMARTS) is 1. The van der Waals surface area contributed by atoms with Crippen LogP contribution in [0.25, 0.3) is 0 Å². The lowest BCUT2D eigenvalue weighted by Gasteiger charge is -2.23. The van der Waals surface area contributed by atoms with Crippen molar-refractivity contribution in [2.45, 2.75) is 32.3 Å². The summed E-state index contributed by atoms with van der Waals surface area (Å²) in [5.41, 5.74) is 0.769. The lowest BCUT2D eigenvalue weighted by Crippen LogP contribution is -2.28. The number of hydrogen-bond donors (Lipinski definition) is 2. The Hall–Kier alpha value is -1.56. The first-order valence-electron chi connectivity index (χ1n) is 6.22. The van der Waals surface area contributed by atoms with Gasteiger partial charge in [-0.1, -0.05) is 0 Å². The first kappa shape index (κ1) is 12.9. The first-order chi connectivity index (χ1) is 8.59. The van der Waals surface area contributed by atoms with E-state index in [2.05, 4.69) is 10.4 Å². The minimum absolute atomic E-state index is 0.163. The SMILES string of the molecule is Cc1nn(C)c(NCC2CCCCO2)c1C(=O)O. The highest BCUT2D eigenvalue weighted by atomic mass is 16.5. The summed E-state index contributed by atoms with van der Waals surface area (Å²) in [5.74, 6) is -0.401. The zero-order chi connectivity index (χ0) is 13.1. The van der Waals surface area contributed by atoms with E-state index in [0.717, 1.165) is 19.4 Å². The molecule has 0 radical (unpaired) electrons. The van der Waals surface area contributed by atoms with Crippen molar-refractivity contribution < 1.29 is 14.6 Å². The standard InChI is InChI=1S/C12H19N3O3/c1-8-10(12(16)17)11(15(2)14-8)13-7-9-5-3-4-6-18-9/h9,13H,3-7H2,1-2H3,(H,16,17). The van der Waals surface area contributed by atoms with Gasteiger partial charge in [0.05, 0.1) is 11.8 Å². The Kier molecular flexibility index (Phi) is 3.86. The van der Waals surface area contributed by atoms with Crippen LogP contribution in [-0.2, 0) is 11.8 Å². The van der Waals surface area contributed by atoms with E-state index in [9.17, 15) is 9.90 Å². The molecule has 2 heterocycles. The van der Waals surface area contributed by atoms with Gasteiger partial charge in [0.15, 0.2) is 0 Å². The van der Waals surface area contributed by atoms with Crippen molar-refractivity contribution in [3.63, 3.8) is 0 Å². The molecule has 0 saturated carbocycles. The molecule has 1 aliphatic rings. The molecule has 0 aliphatic carbocycles. The van der Waals surface area contributed by atoms with Gasteiger partial charge in [-0.2, -0.15) is 5.10 Å². The molecule has 2 N–H and O–H groups in total. The van der Waals surface area contributed by atoms with Gasteiger partial charge in [0.25, 0.3) is 0 Å². The number of hydrogen-bond acceptors (Lipinski definition) is 4. The van der Waals surface area contributed by atoms with Crippen LogP contribution in [0.4, 0.5) is 5.82 Å². The average molecular weight is 253 g/mol. The number of rotatable bonds is 4. The highest BCUT2D eigenvalue weighted by Crippen LogP contribution is 2.20. The van der Waals surface area contributed by atoms with Crippen LogP contribution in [0.2, 0.25) is 0 Å². The van der Waals surface area contributed by atoms with Gasteiger partial charge in [0.1, 0.15) is 11.4 Å². The van der Waals surface area contributed by atoms with Crippen LogP contribution < -0.4 is 5.32 Å². The molecule has 0 aromatic carbocycles. The van der Waals surface area contributed by atoms with E-state index in [1.165, 1.54) is 6.42 Å². The summed E-state index contributed by atoms with van der Waals surface area (Å²) in [4.78, 5) is 11.2. The molecule has 1 atom stereocenters. The van der Waals surface area contributed by atoms with E-state index in [-0.39, 0.29) is 11.7 Å². The van der Waals surface area contributed by atoms with Crippen molar-refractivity contribution in [2.24, 2.45) is 7.05 Å². The maximum Gasteiger partial charge on any atom is 0.341 e. The van der Waals surface area contributed by atoms with E-state index >= 15 is 0 Å². The van der Waals surface area contributed by atoms with Crippen LogP contribution >= 0.6 is 0 Å². The summed E-state index contributed by atoms with van der Waals surface area (Å²) in [6, 6.07) is 0.